The third-order valence-electron chi connectivity index (χ3n) is 1.59. The van der Waals surface area contributed by atoms with E-state index in [9.17, 15) is 8.78 Å². The maximum Gasteiger partial charge on any atom is 0.128 e. The molecule has 12 heavy (non-hydrogen) atoms. The highest BCUT2D eigenvalue weighted by atomic mass is 127. The van der Waals surface area contributed by atoms with E-state index < -0.39 is 12.8 Å². The van der Waals surface area contributed by atoms with E-state index in [-0.39, 0.29) is 6.42 Å². The third-order valence-corrected chi connectivity index (χ3v) is 2.31. The monoisotopic (exact) mass is 282 g/mol. The number of rotatable bonds is 3. The predicted molar refractivity (Wildman–Crippen MR) is 53.6 cm³/mol. The summed E-state index contributed by atoms with van der Waals surface area (Å²) in [6.07, 6.45) is -1.20. The van der Waals surface area contributed by atoms with Crippen LogP contribution in [-0.2, 0) is 0 Å². The van der Waals surface area contributed by atoms with Crippen molar-refractivity contribution in [1.29, 1.82) is 0 Å². The van der Waals surface area contributed by atoms with Crippen molar-refractivity contribution in [3.63, 3.8) is 0 Å². The van der Waals surface area contributed by atoms with E-state index in [1.165, 1.54) is 0 Å². The normalized spacial score (nSPS) is 12.9. The first kappa shape index (κ1) is 9.89. The molecule has 0 fully saturated rings. The molecule has 0 saturated heterocycles. The molecule has 0 heterocycles. The highest BCUT2D eigenvalue weighted by molar-refractivity contribution is 14.1. The lowest BCUT2D eigenvalue weighted by Gasteiger charge is -2.05. The summed E-state index contributed by atoms with van der Waals surface area (Å²) >= 11 is 2.14. The smallest absolute Gasteiger partial charge is 0.128 e. The van der Waals surface area contributed by atoms with Gasteiger partial charge in [0.1, 0.15) is 6.17 Å². The zero-order valence-electron chi connectivity index (χ0n) is 6.43. The molecule has 3 heteroatoms. The summed E-state index contributed by atoms with van der Waals surface area (Å²) in [6, 6.07) is 7.03. The van der Waals surface area contributed by atoms with Crippen LogP contribution < -0.4 is 0 Å². The lowest BCUT2D eigenvalue weighted by atomic mass is 10.1. The summed E-state index contributed by atoms with van der Waals surface area (Å²) in [5.41, 5.74) is 0.563. The molecule has 0 aromatic heterocycles. The van der Waals surface area contributed by atoms with E-state index in [1.54, 1.807) is 12.1 Å². The van der Waals surface area contributed by atoms with Crippen LogP contribution in [0.3, 0.4) is 0 Å². The van der Waals surface area contributed by atoms with Crippen LogP contribution in [0.5, 0.6) is 0 Å². The first-order valence-corrected chi connectivity index (χ1v) is 4.77. The molecule has 0 aliphatic heterocycles. The molecule has 0 saturated carbocycles. The van der Waals surface area contributed by atoms with Crippen molar-refractivity contribution < 1.29 is 8.78 Å². The van der Waals surface area contributed by atoms with Gasteiger partial charge in [-0.1, -0.05) is 12.1 Å². The molecule has 0 spiro atoms. The van der Waals surface area contributed by atoms with Crippen LogP contribution in [0.4, 0.5) is 8.78 Å². The molecule has 1 rings (SSSR count). The van der Waals surface area contributed by atoms with Crippen molar-refractivity contribution in [2.75, 3.05) is 6.67 Å². The molecule has 0 radical (unpaired) electrons. The van der Waals surface area contributed by atoms with Gasteiger partial charge in [0, 0.05) is 9.99 Å². The Morgan fingerprint density at radius 1 is 1.25 bits per heavy atom. The van der Waals surface area contributed by atoms with Gasteiger partial charge in [-0.2, -0.15) is 0 Å². The number of benzene rings is 1. The summed E-state index contributed by atoms with van der Waals surface area (Å²) in [5.74, 6) is 0. The molecule has 1 aromatic carbocycles. The van der Waals surface area contributed by atoms with Gasteiger partial charge in [0.2, 0.25) is 0 Å². The quantitative estimate of drug-likeness (QED) is 0.742. The van der Waals surface area contributed by atoms with Crippen molar-refractivity contribution in [2.24, 2.45) is 0 Å². The van der Waals surface area contributed by atoms with E-state index in [0.29, 0.717) is 5.56 Å². The highest BCUT2D eigenvalue weighted by Gasteiger charge is 2.07. The molecule has 0 aliphatic carbocycles. The first-order valence-electron chi connectivity index (χ1n) is 3.69. The average Bonchev–Trinajstić information content (AvgIpc) is 2.06. The van der Waals surface area contributed by atoms with E-state index in [0.717, 1.165) is 3.57 Å². The van der Waals surface area contributed by atoms with E-state index in [1.807, 2.05) is 12.1 Å². The molecule has 0 aliphatic rings. The zero-order valence-corrected chi connectivity index (χ0v) is 8.59. The molecule has 1 aromatic rings. The van der Waals surface area contributed by atoms with Gasteiger partial charge in [0.15, 0.2) is 0 Å². The van der Waals surface area contributed by atoms with Gasteiger partial charge in [-0.3, -0.25) is 4.39 Å². The lowest BCUT2D eigenvalue weighted by molar-refractivity contribution is 0.290. The Bertz CT molecular complexity index is 233. The van der Waals surface area contributed by atoms with Gasteiger partial charge >= 0.3 is 0 Å². The number of halogens is 3. The Morgan fingerprint density at radius 2 is 1.83 bits per heavy atom. The largest absolute Gasteiger partial charge is 0.251 e. The van der Waals surface area contributed by atoms with Gasteiger partial charge in [-0.25, -0.2) is 4.39 Å². The fourth-order valence-corrected chi connectivity index (χ4v) is 1.29. The molecular weight excluding hydrogens is 273 g/mol. The number of hydrogen-bond acceptors (Lipinski definition) is 0. The second-order valence-electron chi connectivity index (χ2n) is 2.50. The fourth-order valence-electron chi connectivity index (χ4n) is 0.934. The summed E-state index contributed by atoms with van der Waals surface area (Å²) in [7, 11) is 0. The van der Waals surface area contributed by atoms with Gasteiger partial charge < -0.3 is 0 Å². The maximum absolute atomic E-state index is 13.0. The van der Waals surface area contributed by atoms with Crippen LogP contribution in [-0.4, -0.2) is 6.67 Å². The summed E-state index contributed by atoms with van der Waals surface area (Å²) in [5, 5.41) is 0. The molecule has 66 valence electrons. The molecule has 1 atom stereocenters. The third kappa shape index (κ3) is 2.69. The number of hydrogen-bond donors (Lipinski definition) is 0. The Labute approximate surface area is 84.1 Å². The minimum absolute atomic E-state index is 0.0411. The van der Waals surface area contributed by atoms with E-state index in [4.69, 9.17) is 0 Å². The Hall–Kier alpha value is -0.190. The minimum atomic E-state index is -1.16. The van der Waals surface area contributed by atoms with Crippen LogP contribution in [0.2, 0.25) is 0 Å². The van der Waals surface area contributed by atoms with Crippen molar-refractivity contribution in [3.05, 3.63) is 33.4 Å². The molecule has 1 unspecified atom stereocenters. The van der Waals surface area contributed by atoms with Gasteiger partial charge in [0.25, 0.3) is 0 Å². The summed E-state index contributed by atoms with van der Waals surface area (Å²) in [4.78, 5) is 0. The lowest BCUT2D eigenvalue weighted by Crippen LogP contribution is -1.92. The Balaban J connectivity index is 2.68. The second-order valence-corrected chi connectivity index (χ2v) is 3.74. The Morgan fingerprint density at radius 3 is 2.33 bits per heavy atom. The number of alkyl halides is 2. The second kappa shape index (κ2) is 4.74. The van der Waals surface area contributed by atoms with Crippen molar-refractivity contribution >= 4 is 22.6 Å². The van der Waals surface area contributed by atoms with Gasteiger partial charge in [-0.15, -0.1) is 0 Å². The molecule has 0 amide bonds. The molecule has 0 nitrogen and oxygen atoms in total. The average molecular weight is 282 g/mol. The summed E-state index contributed by atoms with van der Waals surface area (Å²) in [6.45, 7) is -0.604. The fraction of sp³-hybridized carbons (Fsp3) is 0.333. The van der Waals surface area contributed by atoms with E-state index >= 15 is 0 Å². The highest BCUT2D eigenvalue weighted by Crippen LogP contribution is 2.21. The molecule has 0 bridgehead atoms. The van der Waals surface area contributed by atoms with Crippen LogP contribution in [0.1, 0.15) is 18.2 Å². The standard InChI is InChI=1S/C9H9F2I/c10-6-5-9(11)7-1-3-8(12)4-2-7/h1-4,9H,5-6H2. The minimum Gasteiger partial charge on any atom is -0.251 e. The van der Waals surface area contributed by atoms with Gasteiger partial charge in [0.05, 0.1) is 6.67 Å². The molecular formula is C9H9F2I. The van der Waals surface area contributed by atoms with Crippen molar-refractivity contribution in [2.45, 2.75) is 12.6 Å². The van der Waals surface area contributed by atoms with Crippen LogP contribution in [0, 0.1) is 3.57 Å². The Kier molecular flexibility index (Phi) is 3.91. The van der Waals surface area contributed by atoms with Crippen molar-refractivity contribution in [3.8, 4) is 0 Å². The van der Waals surface area contributed by atoms with Crippen molar-refractivity contribution in [1.82, 2.24) is 0 Å². The topological polar surface area (TPSA) is 0 Å². The maximum atomic E-state index is 13.0. The first-order chi connectivity index (χ1) is 5.74. The SMILES string of the molecule is FCCC(F)c1ccc(I)cc1. The van der Waals surface area contributed by atoms with Crippen LogP contribution in [0.15, 0.2) is 24.3 Å². The molecule has 0 N–H and O–H groups in total. The van der Waals surface area contributed by atoms with E-state index in [2.05, 4.69) is 22.6 Å². The summed E-state index contributed by atoms with van der Waals surface area (Å²) < 4.78 is 25.9. The zero-order chi connectivity index (χ0) is 8.97. The predicted octanol–water partition coefficient (Wildman–Crippen LogP) is 3.66. The van der Waals surface area contributed by atoms with Gasteiger partial charge in [-0.05, 0) is 40.3 Å². The van der Waals surface area contributed by atoms with Crippen LogP contribution >= 0.6 is 22.6 Å². The van der Waals surface area contributed by atoms with Crippen LogP contribution in [0.25, 0.3) is 0 Å².